The Morgan fingerprint density at radius 3 is 2.85 bits per heavy atom. The first-order valence-electron chi connectivity index (χ1n) is 8.88. The Morgan fingerprint density at radius 1 is 1.23 bits per heavy atom. The molecule has 1 saturated heterocycles. The Labute approximate surface area is 152 Å². The number of aromatic nitrogens is 1. The number of rotatable bonds is 4. The molecule has 2 heterocycles. The van der Waals surface area contributed by atoms with Crippen LogP contribution in [0.5, 0.6) is 5.75 Å². The summed E-state index contributed by atoms with van der Waals surface area (Å²) < 4.78 is 20.1. The van der Waals surface area contributed by atoms with Crippen molar-refractivity contribution in [3.63, 3.8) is 0 Å². The second-order valence-electron chi connectivity index (χ2n) is 6.52. The molecule has 3 rings (SSSR count). The molecule has 5 nitrogen and oxygen atoms in total. The van der Waals surface area contributed by atoms with E-state index in [4.69, 9.17) is 4.74 Å². The van der Waals surface area contributed by atoms with Gasteiger partial charge in [-0.2, -0.15) is 0 Å². The minimum atomic E-state index is -0.333. The third-order valence-electron chi connectivity index (χ3n) is 4.82. The zero-order valence-electron chi connectivity index (χ0n) is 14.9. The van der Waals surface area contributed by atoms with Crippen molar-refractivity contribution in [1.82, 2.24) is 9.47 Å². The summed E-state index contributed by atoms with van der Waals surface area (Å²) in [5.41, 5.74) is 0.471. The molecule has 0 radical (unpaired) electrons. The van der Waals surface area contributed by atoms with Crippen LogP contribution in [-0.4, -0.2) is 29.0 Å². The van der Waals surface area contributed by atoms with E-state index in [1.807, 2.05) is 6.07 Å². The Balaban J connectivity index is 1.86. The van der Waals surface area contributed by atoms with Crippen LogP contribution in [0.4, 0.5) is 4.39 Å². The summed E-state index contributed by atoms with van der Waals surface area (Å²) >= 11 is 0. The van der Waals surface area contributed by atoms with Crippen molar-refractivity contribution < 1.29 is 13.9 Å². The first-order chi connectivity index (χ1) is 12.6. The maximum Gasteiger partial charge on any atom is 0.293 e. The zero-order valence-corrected chi connectivity index (χ0v) is 14.9. The standard InChI is InChI=1S/C20H23FN2O3/c1-26-18-10-6-11-22(20(18)25)14-19(24)23-12-4-2-3-9-17(23)15-7-5-8-16(21)13-15/h5-8,10-11,13,17H,2-4,9,12,14H2,1H3/t17-/m1/s1. The molecule has 1 fully saturated rings. The van der Waals surface area contributed by atoms with Gasteiger partial charge < -0.3 is 14.2 Å². The molecule has 1 aliphatic rings. The van der Waals surface area contributed by atoms with Gasteiger partial charge in [0.25, 0.3) is 5.56 Å². The molecule has 0 unspecified atom stereocenters. The summed E-state index contributed by atoms with van der Waals surface area (Å²) in [6.07, 6.45) is 5.31. The van der Waals surface area contributed by atoms with E-state index >= 15 is 0 Å². The van der Waals surface area contributed by atoms with Gasteiger partial charge in [0.05, 0.1) is 13.2 Å². The quantitative estimate of drug-likeness (QED) is 0.844. The minimum Gasteiger partial charge on any atom is -0.491 e. The fourth-order valence-corrected chi connectivity index (χ4v) is 3.50. The highest BCUT2D eigenvalue weighted by Crippen LogP contribution is 2.30. The first kappa shape index (κ1) is 18.2. The fourth-order valence-electron chi connectivity index (χ4n) is 3.50. The summed E-state index contributed by atoms with van der Waals surface area (Å²) in [4.78, 5) is 27.1. The van der Waals surface area contributed by atoms with Crippen LogP contribution in [0, 0.1) is 5.82 Å². The lowest BCUT2D eigenvalue weighted by molar-refractivity contribution is -0.134. The van der Waals surface area contributed by atoms with Crippen LogP contribution < -0.4 is 10.3 Å². The Morgan fingerprint density at radius 2 is 2.08 bits per heavy atom. The molecule has 26 heavy (non-hydrogen) atoms. The minimum absolute atomic E-state index is 0.0537. The monoisotopic (exact) mass is 358 g/mol. The first-order valence-corrected chi connectivity index (χ1v) is 8.88. The maximum atomic E-state index is 13.7. The Bertz CT molecular complexity index is 834. The number of likely N-dealkylation sites (tertiary alicyclic amines) is 1. The van der Waals surface area contributed by atoms with E-state index < -0.39 is 0 Å². The van der Waals surface area contributed by atoms with Gasteiger partial charge in [-0.15, -0.1) is 0 Å². The van der Waals surface area contributed by atoms with E-state index in [-0.39, 0.29) is 35.6 Å². The van der Waals surface area contributed by atoms with Crippen LogP contribution in [-0.2, 0) is 11.3 Å². The Hall–Kier alpha value is -2.63. The molecule has 0 spiro atoms. The molecule has 0 saturated carbocycles. The predicted octanol–water partition coefficient (Wildman–Crippen LogP) is 3.14. The van der Waals surface area contributed by atoms with Crippen LogP contribution in [0.1, 0.15) is 37.3 Å². The van der Waals surface area contributed by atoms with Gasteiger partial charge in [-0.1, -0.05) is 25.0 Å². The van der Waals surface area contributed by atoms with E-state index in [1.54, 1.807) is 29.3 Å². The molecule has 1 atom stereocenters. The molecule has 0 aliphatic carbocycles. The molecule has 1 amide bonds. The number of carbonyl (C=O) groups is 1. The zero-order chi connectivity index (χ0) is 18.5. The molecule has 2 aromatic rings. The van der Waals surface area contributed by atoms with Crippen molar-refractivity contribution in [3.8, 4) is 5.75 Å². The molecule has 6 heteroatoms. The van der Waals surface area contributed by atoms with Crippen LogP contribution in [0.3, 0.4) is 0 Å². The molecule has 1 aromatic carbocycles. The van der Waals surface area contributed by atoms with Crippen molar-refractivity contribution in [1.29, 1.82) is 0 Å². The molecule has 0 bridgehead atoms. The van der Waals surface area contributed by atoms with E-state index in [0.29, 0.717) is 6.54 Å². The van der Waals surface area contributed by atoms with Crippen LogP contribution in [0.15, 0.2) is 47.4 Å². The molecule has 138 valence electrons. The van der Waals surface area contributed by atoms with Crippen molar-refractivity contribution >= 4 is 5.91 Å². The summed E-state index contributed by atoms with van der Waals surface area (Å²) in [7, 11) is 1.43. The Kier molecular flexibility index (Phi) is 5.71. The fraction of sp³-hybridized carbons (Fsp3) is 0.400. The number of pyridine rings is 1. The number of nitrogens with zero attached hydrogens (tertiary/aromatic N) is 2. The van der Waals surface area contributed by atoms with E-state index in [1.165, 1.54) is 23.8 Å². The highest BCUT2D eigenvalue weighted by atomic mass is 19.1. The van der Waals surface area contributed by atoms with Gasteiger partial charge in [0.2, 0.25) is 5.91 Å². The normalized spacial score (nSPS) is 17.6. The van der Waals surface area contributed by atoms with Gasteiger partial charge in [0.15, 0.2) is 5.75 Å². The third-order valence-corrected chi connectivity index (χ3v) is 4.82. The number of carbonyl (C=O) groups excluding carboxylic acids is 1. The summed E-state index contributed by atoms with van der Waals surface area (Å²) in [6.45, 7) is 0.556. The van der Waals surface area contributed by atoms with Gasteiger partial charge in [0, 0.05) is 12.7 Å². The van der Waals surface area contributed by atoms with Crippen molar-refractivity contribution in [2.75, 3.05) is 13.7 Å². The largest absolute Gasteiger partial charge is 0.491 e. The average Bonchev–Trinajstić information content (AvgIpc) is 2.89. The van der Waals surface area contributed by atoms with Crippen molar-refractivity contribution in [2.24, 2.45) is 0 Å². The van der Waals surface area contributed by atoms with Gasteiger partial charge in [-0.25, -0.2) is 4.39 Å². The van der Waals surface area contributed by atoms with Crippen molar-refractivity contribution in [3.05, 3.63) is 64.3 Å². The van der Waals surface area contributed by atoms with E-state index in [2.05, 4.69) is 0 Å². The molecule has 1 aliphatic heterocycles. The molecule has 0 N–H and O–H groups in total. The number of ether oxygens (including phenoxy) is 1. The van der Waals surface area contributed by atoms with Crippen LogP contribution in [0.2, 0.25) is 0 Å². The second kappa shape index (κ2) is 8.17. The van der Waals surface area contributed by atoms with E-state index in [9.17, 15) is 14.0 Å². The smallest absolute Gasteiger partial charge is 0.293 e. The highest BCUT2D eigenvalue weighted by Gasteiger charge is 2.27. The lowest BCUT2D eigenvalue weighted by Gasteiger charge is -2.31. The average molecular weight is 358 g/mol. The van der Waals surface area contributed by atoms with Gasteiger partial charge >= 0.3 is 0 Å². The molecular formula is C20H23FN2O3. The van der Waals surface area contributed by atoms with Crippen molar-refractivity contribution in [2.45, 2.75) is 38.3 Å². The highest BCUT2D eigenvalue weighted by molar-refractivity contribution is 5.76. The van der Waals surface area contributed by atoms with Crippen LogP contribution in [0.25, 0.3) is 0 Å². The molecule has 1 aromatic heterocycles. The summed E-state index contributed by atoms with van der Waals surface area (Å²) in [6, 6.07) is 9.52. The third kappa shape index (κ3) is 3.95. The molecular weight excluding hydrogens is 335 g/mol. The van der Waals surface area contributed by atoms with Gasteiger partial charge in [-0.3, -0.25) is 9.59 Å². The van der Waals surface area contributed by atoms with Gasteiger partial charge in [0.1, 0.15) is 12.4 Å². The topological polar surface area (TPSA) is 51.5 Å². The lowest BCUT2D eigenvalue weighted by Crippen LogP contribution is -2.39. The number of amides is 1. The second-order valence-corrected chi connectivity index (χ2v) is 6.52. The number of methoxy groups -OCH3 is 1. The predicted molar refractivity (Wildman–Crippen MR) is 96.6 cm³/mol. The number of benzene rings is 1. The van der Waals surface area contributed by atoms with E-state index in [0.717, 1.165) is 31.2 Å². The van der Waals surface area contributed by atoms with Crippen LogP contribution >= 0.6 is 0 Å². The number of halogens is 1. The number of hydrogen-bond donors (Lipinski definition) is 0. The lowest BCUT2D eigenvalue weighted by atomic mass is 10.0. The SMILES string of the molecule is COc1cccn(CC(=O)N2CCCCC[C@@H]2c2cccc(F)c2)c1=O. The summed E-state index contributed by atoms with van der Waals surface area (Å²) in [5, 5.41) is 0. The maximum absolute atomic E-state index is 13.7. The number of hydrogen-bond acceptors (Lipinski definition) is 3. The summed E-state index contributed by atoms with van der Waals surface area (Å²) in [5.74, 6) is -0.238. The van der Waals surface area contributed by atoms with Gasteiger partial charge in [-0.05, 0) is 42.7 Å².